The molecule has 0 atom stereocenters. The second kappa shape index (κ2) is 6.21. The van der Waals surface area contributed by atoms with Gasteiger partial charge >= 0.3 is 0 Å². The first kappa shape index (κ1) is 13.4. The van der Waals surface area contributed by atoms with Gasteiger partial charge in [-0.05, 0) is 42.0 Å². The van der Waals surface area contributed by atoms with Crippen molar-refractivity contribution in [2.75, 3.05) is 18.0 Å². The molecule has 0 radical (unpaired) electrons. The second-order valence-corrected chi connectivity index (χ2v) is 5.11. The molecule has 0 amide bonds. The second-order valence-electron chi connectivity index (χ2n) is 5.11. The first-order valence-corrected chi connectivity index (χ1v) is 6.87. The maximum absolute atomic E-state index is 9.32. The summed E-state index contributed by atoms with van der Waals surface area (Å²) in [4.78, 5) is 2.38. The van der Waals surface area contributed by atoms with E-state index in [1.807, 2.05) is 12.1 Å². The molecule has 1 aliphatic rings. The van der Waals surface area contributed by atoms with Crippen LogP contribution < -0.4 is 4.90 Å². The van der Waals surface area contributed by atoms with Crippen LogP contribution in [0.1, 0.15) is 37.3 Å². The van der Waals surface area contributed by atoms with Gasteiger partial charge in [-0.2, -0.15) is 0 Å². The van der Waals surface area contributed by atoms with Gasteiger partial charge in [0.1, 0.15) is 0 Å². The Morgan fingerprint density at radius 2 is 1.78 bits per heavy atom. The van der Waals surface area contributed by atoms with Gasteiger partial charge in [-0.25, -0.2) is 0 Å². The first-order valence-electron chi connectivity index (χ1n) is 6.87. The molecule has 0 bridgehead atoms. The van der Waals surface area contributed by atoms with E-state index in [2.05, 4.69) is 17.9 Å². The van der Waals surface area contributed by atoms with Gasteiger partial charge in [0.15, 0.2) is 0 Å². The third-order valence-corrected chi connectivity index (χ3v) is 4.09. The zero-order chi connectivity index (χ0) is 13.0. The van der Waals surface area contributed by atoms with E-state index in [0.717, 1.165) is 30.1 Å². The summed E-state index contributed by atoms with van der Waals surface area (Å²) in [5.74, 6) is 0.871. The van der Waals surface area contributed by atoms with Gasteiger partial charge in [0.05, 0.1) is 13.2 Å². The van der Waals surface area contributed by atoms with Crippen molar-refractivity contribution >= 4 is 5.69 Å². The van der Waals surface area contributed by atoms with Crippen LogP contribution in [0.25, 0.3) is 0 Å². The van der Waals surface area contributed by atoms with E-state index in [0.29, 0.717) is 0 Å². The lowest BCUT2D eigenvalue weighted by Gasteiger charge is -2.33. The summed E-state index contributed by atoms with van der Waals surface area (Å²) >= 11 is 0. The van der Waals surface area contributed by atoms with E-state index in [4.69, 9.17) is 0 Å². The van der Waals surface area contributed by atoms with Crippen molar-refractivity contribution in [3.05, 3.63) is 29.3 Å². The summed E-state index contributed by atoms with van der Waals surface area (Å²) in [7, 11) is 0. The summed E-state index contributed by atoms with van der Waals surface area (Å²) < 4.78 is 0. The van der Waals surface area contributed by atoms with Crippen LogP contribution in [-0.4, -0.2) is 23.3 Å². The molecule has 3 heteroatoms. The zero-order valence-corrected chi connectivity index (χ0v) is 11.1. The molecule has 18 heavy (non-hydrogen) atoms. The van der Waals surface area contributed by atoms with Crippen molar-refractivity contribution in [3.63, 3.8) is 0 Å². The molecule has 1 heterocycles. The van der Waals surface area contributed by atoms with Crippen LogP contribution in [0.3, 0.4) is 0 Å². The molecule has 100 valence electrons. The van der Waals surface area contributed by atoms with Gasteiger partial charge in [-0.15, -0.1) is 0 Å². The molecule has 2 rings (SSSR count). The quantitative estimate of drug-likeness (QED) is 0.860. The van der Waals surface area contributed by atoms with Crippen LogP contribution in [0.4, 0.5) is 5.69 Å². The molecule has 1 aliphatic heterocycles. The average Bonchev–Trinajstić information content (AvgIpc) is 2.46. The minimum absolute atomic E-state index is 0.00480. The highest BCUT2D eigenvalue weighted by Gasteiger charge is 2.18. The van der Waals surface area contributed by atoms with Crippen molar-refractivity contribution in [1.82, 2.24) is 0 Å². The van der Waals surface area contributed by atoms with Gasteiger partial charge in [0, 0.05) is 18.8 Å². The summed E-state index contributed by atoms with van der Waals surface area (Å²) in [6, 6.07) is 5.99. The van der Waals surface area contributed by atoms with Crippen molar-refractivity contribution in [3.8, 4) is 0 Å². The number of anilines is 1. The molecule has 0 spiro atoms. The van der Waals surface area contributed by atoms with E-state index in [1.54, 1.807) is 0 Å². The summed E-state index contributed by atoms with van der Waals surface area (Å²) in [5.41, 5.74) is 2.84. The molecule has 0 unspecified atom stereocenters. The van der Waals surface area contributed by atoms with E-state index in [1.165, 1.54) is 24.9 Å². The number of aliphatic hydroxyl groups is 2. The molecule has 1 saturated heterocycles. The Kier molecular flexibility index (Phi) is 4.61. The number of hydrogen-bond acceptors (Lipinski definition) is 3. The van der Waals surface area contributed by atoms with Gasteiger partial charge in [0.25, 0.3) is 0 Å². The molecule has 3 nitrogen and oxygen atoms in total. The fourth-order valence-corrected chi connectivity index (χ4v) is 2.71. The van der Waals surface area contributed by atoms with E-state index < -0.39 is 0 Å². The molecule has 0 aromatic heterocycles. The molecule has 1 aromatic carbocycles. The van der Waals surface area contributed by atoms with Crippen LogP contribution in [0.2, 0.25) is 0 Å². The largest absolute Gasteiger partial charge is 0.392 e. The normalized spacial score (nSPS) is 17.2. The molecule has 1 aromatic rings. The van der Waals surface area contributed by atoms with Crippen LogP contribution in [0.5, 0.6) is 0 Å². The summed E-state index contributed by atoms with van der Waals surface area (Å²) in [6.07, 6.45) is 3.79. The molecule has 1 fully saturated rings. The highest BCUT2D eigenvalue weighted by molar-refractivity contribution is 5.51. The lowest BCUT2D eigenvalue weighted by Crippen LogP contribution is -2.33. The first-order chi connectivity index (χ1) is 8.78. The van der Waals surface area contributed by atoms with E-state index in [9.17, 15) is 10.2 Å². The predicted octanol–water partition coefficient (Wildman–Crippen LogP) is 2.30. The Hall–Kier alpha value is -1.06. The van der Waals surface area contributed by atoms with Crippen LogP contribution >= 0.6 is 0 Å². The van der Waals surface area contributed by atoms with Gasteiger partial charge in [-0.1, -0.05) is 19.4 Å². The predicted molar refractivity (Wildman–Crippen MR) is 73.5 cm³/mol. The minimum Gasteiger partial charge on any atom is -0.392 e. The fraction of sp³-hybridized carbons (Fsp3) is 0.600. The molecule has 0 saturated carbocycles. The zero-order valence-electron chi connectivity index (χ0n) is 11.1. The van der Waals surface area contributed by atoms with Crippen molar-refractivity contribution in [2.24, 2.45) is 5.92 Å². The fourth-order valence-electron chi connectivity index (χ4n) is 2.71. The number of nitrogens with zero attached hydrogens (tertiary/aromatic N) is 1. The minimum atomic E-state index is -0.00587. The lowest BCUT2D eigenvalue weighted by atomic mass is 9.94. The standard InChI is InChI=1S/C15H23NO2/c1-2-12-5-7-16(8-6-12)15-4-3-13(10-17)14(9-15)11-18/h3-4,9,12,17-18H,2,5-8,10-11H2,1H3. The van der Waals surface area contributed by atoms with Gasteiger partial charge in [-0.3, -0.25) is 0 Å². The highest BCUT2D eigenvalue weighted by Crippen LogP contribution is 2.26. The molecular weight excluding hydrogens is 226 g/mol. The Morgan fingerprint density at radius 3 is 2.33 bits per heavy atom. The molecule has 0 aliphatic carbocycles. The summed E-state index contributed by atoms with van der Waals surface area (Å²) in [6.45, 7) is 4.45. The Bertz CT molecular complexity index is 384. The number of hydrogen-bond donors (Lipinski definition) is 2. The SMILES string of the molecule is CCC1CCN(c2ccc(CO)c(CO)c2)CC1. The molecule has 2 N–H and O–H groups in total. The highest BCUT2D eigenvalue weighted by atomic mass is 16.3. The maximum Gasteiger partial charge on any atom is 0.0686 e. The summed E-state index contributed by atoms with van der Waals surface area (Å²) in [5, 5.41) is 18.5. The Labute approximate surface area is 109 Å². The van der Waals surface area contributed by atoms with Gasteiger partial charge < -0.3 is 15.1 Å². The number of rotatable bonds is 4. The maximum atomic E-state index is 9.32. The lowest BCUT2D eigenvalue weighted by molar-refractivity contribution is 0.260. The third-order valence-electron chi connectivity index (χ3n) is 4.09. The van der Waals surface area contributed by atoms with E-state index in [-0.39, 0.29) is 13.2 Å². The van der Waals surface area contributed by atoms with Crippen molar-refractivity contribution in [2.45, 2.75) is 39.4 Å². The monoisotopic (exact) mass is 249 g/mol. The van der Waals surface area contributed by atoms with Crippen LogP contribution in [-0.2, 0) is 13.2 Å². The average molecular weight is 249 g/mol. The topological polar surface area (TPSA) is 43.7 Å². The van der Waals surface area contributed by atoms with E-state index >= 15 is 0 Å². The third kappa shape index (κ3) is 2.85. The van der Waals surface area contributed by atoms with Crippen molar-refractivity contribution < 1.29 is 10.2 Å². The Balaban J connectivity index is 2.09. The molecular formula is C15H23NO2. The van der Waals surface area contributed by atoms with Crippen LogP contribution in [0, 0.1) is 5.92 Å². The van der Waals surface area contributed by atoms with Gasteiger partial charge in [0.2, 0.25) is 0 Å². The van der Waals surface area contributed by atoms with Crippen LogP contribution in [0.15, 0.2) is 18.2 Å². The van der Waals surface area contributed by atoms with Crippen molar-refractivity contribution in [1.29, 1.82) is 0 Å². The Morgan fingerprint density at radius 1 is 1.11 bits per heavy atom. The number of benzene rings is 1. The number of piperidine rings is 1. The smallest absolute Gasteiger partial charge is 0.0686 e. The number of aliphatic hydroxyl groups excluding tert-OH is 2.